The van der Waals surface area contributed by atoms with Gasteiger partial charge in [0.25, 0.3) is 5.91 Å². The molecule has 1 aromatic heterocycles. The highest BCUT2D eigenvalue weighted by Gasteiger charge is 2.10. The van der Waals surface area contributed by atoms with Crippen LogP contribution in [0.4, 0.5) is 11.5 Å². The number of ether oxygens (including phenoxy) is 2. The number of carbonyl (C=O) groups is 1. The molecule has 2 N–H and O–H groups in total. The van der Waals surface area contributed by atoms with Crippen molar-refractivity contribution in [2.75, 3.05) is 37.5 Å². The Kier molecular flexibility index (Phi) is 7.04. The van der Waals surface area contributed by atoms with Crippen LogP contribution in [0.3, 0.4) is 0 Å². The van der Waals surface area contributed by atoms with Crippen LogP contribution in [0.5, 0.6) is 5.75 Å². The van der Waals surface area contributed by atoms with Gasteiger partial charge >= 0.3 is 0 Å². The molecule has 1 amide bonds. The molecule has 6 heteroatoms. The second-order valence-electron chi connectivity index (χ2n) is 5.09. The summed E-state index contributed by atoms with van der Waals surface area (Å²) >= 11 is 0. The van der Waals surface area contributed by atoms with Crippen LogP contribution in [0, 0.1) is 0 Å². The van der Waals surface area contributed by atoms with Gasteiger partial charge in [-0.2, -0.15) is 0 Å². The summed E-state index contributed by atoms with van der Waals surface area (Å²) in [5.41, 5.74) is 1.13. The lowest BCUT2D eigenvalue weighted by Gasteiger charge is -2.11. The summed E-state index contributed by atoms with van der Waals surface area (Å²) < 4.78 is 10.5. The normalized spacial score (nSPS) is 10.2. The first-order chi connectivity index (χ1) is 11.7. The van der Waals surface area contributed by atoms with Crippen molar-refractivity contribution in [2.24, 2.45) is 0 Å². The van der Waals surface area contributed by atoms with Crippen LogP contribution in [0.15, 0.2) is 42.6 Å². The fourth-order valence-corrected chi connectivity index (χ4v) is 2.11. The number of benzene rings is 1. The third-order valence-electron chi connectivity index (χ3n) is 3.29. The first kappa shape index (κ1) is 17.7. The van der Waals surface area contributed by atoms with Crippen molar-refractivity contribution in [1.29, 1.82) is 0 Å². The molecule has 0 saturated carbocycles. The quantitative estimate of drug-likeness (QED) is 0.691. The van der Waals surface area contributed by atoms with Gasteiger partial charge in [0, 0.05) is 26.5 Å². The molecule has 0 aliphatic rings. The summed E-state index contributed by atoms with van der Waals surface area (Å²) in [6.45, 7) is 3.92. The summed E-state index contributed by atoms with van der Waals surface area (Å²) in [5, 5.41) is 6.03. The van der Waals surface area contributed by atoms with E-state index < -0.39 is 0 Å². The fraction of sp³-hybridized carbons (Fsp3) is 0.333. The lowest BCUT2D eigenvalue weighted by molar-refractivity contribution is 0.102. The van der Waals surface area contributed by atoms with Crippen molar-refractivity contribution in [3.63, 3.8) is 0 Å². The van der Waals surface area contributed by atoms with E-state index in [1.807, 2.05) is 31.2 Å². The van der Waals surface area contributed by atoms with Crippen LogP contribution in [-0.4, -0.2) is 37.8 Å². The van der Waals surface area contributed by atoms with Gasteiger partial charge in [0.1, 0.15) is 11.6 Å². The molecular formula is C18H23N3O3. The van der Waals surface area contributed by atoms with E-state index in [9.17, 15) is 4.79 Å². The van der Waals surface area contributed by atoms with E-state index >= 15 is 0 Å². The molecule has 128 valence electrons. The van der Waals surface area contributed by atoms with Gasteiger partial charge in [-0.15, -0.1) is 0 Å². The van der Waals surface area contributed by atoms with Gasteiger partial charge in [-0.1, -0.05) is 12.1 Å². The van der Waals surface area contributed by atoms with E-state index in [-0.39, 0.29) is 5.91 Å². The Balaban J connectivity index is 1.95. The number of nitrogens with one attached hydrogen (secondary N) is 2. The Morgan fingerprint density at radius 3 is 2.75 bits per heavy atom. The van der Waals surface area contributed by atoms with E-state index in [0.29, 0.717) is 30.2 Å². The molecule has 0 aliphatic carbocycles. The molecular weight excluding hydrogens is 306 g/mol. The van der Waals surface area contributed by atoms with Crippen molar-refractivity contribution in [3.8, 4) is 5.75 Å². The van der Waals surface area contributed by atoms with Gasteiger partial charge in [0.05, 0.1) is 17.9 Å². The standard InChI is InChI=1S/C18H23N3O3/c1-3-24-16-8-5-4-7-15(16)21-18(22)14-9-10-17(20-13-14)19-11-6-12-23-2/h4-5,7-10,13H,3,6,11-12H2,1-2H3,(H,19,20)(H,21,22). The number of carbonyl (C=O) groups excluding carboxylic acids is 1. The Hall–Kier alpha value is -2.60. The minimum Gasteiger partial charge on any atom is -0.492 e. The fourth-order valence-electron chi connectivity index (χ4n) is 2.11. The van der Waals surface area contributed by atoms with Crippen LogP contribution in [0.1, 0.15) is 23.7 Å². The van der Waals surface area contributed by atoms with Gasteiger partial charge in [-0.05, 0) is 37.6 Å². The minimum absolute atomic E-state index is 0.222. The maximum absolute atomic E-state index is 12.3. The Labute approximate surface area is 142 Å². The summed E-state index contributed by atoms with van der Waals surface area (Å²) in [7, 11) is 1.68. The molecule has 0 aliphatic heterocycles. The number of nitrogens with zero attached hydrogens (tertiary/aromatic N) is 1. The lowest BCUT2D eigenvalue weighted by Crippen LogP contribution is -2.13. The molecule has 2 rings (SSSR count). The van der Waals surface area contributed by atoms with Gasteiger partial charge in [-0.25, -0.2) is 4.98 Å². The van der Waals surface area contributed by atoms with E-state index in [4.69, 9.17) is 9.47 Å². The van der Waals surface area contributed by atoms with Crippen molar-refractivity contribution in [1.82, 2.24) is 4.98 Å². The summed E-state index contributed by atoms with van der Waals surface area (Å²) in [5.74, 6) is 1.16. The minimum atomic E-state index is -0.222. The van der Waals surface area contributed by atoms with Gasteiger partial charge < -0.3 is 20.1 Å². The third-order valence-corrected chi connectivity index (χ3v) is 3.29. The van der Waals surface area contributed by atoms with Gasteiger partial charge in [0.2, 0.25) is 0 Å². The maximum Gasteiger partial charge on any atom is 0.257 e. The van der Waals surface area contributed by atoms with Crippen LogP contribution in [-0.2, 0) is 4.74 Å². The van der Waals surface area contributed by atoms with Crippen molar-refractivity contribution in [3.05, 3.63) is 48.2 Å². The molecule has 0 fully saturated rings. The molecule has 24 heavy (non-hydrogen) atoms. The first-order valence-corrected chi connectivity index (χ1v) is 7.96. The molecule has 6 nitrogen and oxygen atoms in total. The average Bonchev–Trinajstić information content (AvgIpc) is 2.61. The molecule has 0 spiro atoms. The molecule has 0 radical (unpaired) electrons. The zero-order valence-electron chi connectivity index (χ0n) is 14.0. The van der Waals surface area contributed by atoms with Crippen molar-refractivity contribution in [2.45, 2.75) is 13.3 Å². The molecule has 0 atom stereocenters. The summed E-state index contributed by atoms with van der Waals surface area (Å²) in [6.07, 6.45) is 2.45. The Morgan fingerprint density at radius 2 is 2.04 bits per heavy atom. The van der Waals surface area contributed by atoms with E-state index in [2.05, 4.69) is 15.6 Å². The third kappa shape index (κ3) is 5.24. The predicted molar refractivity (Wildman–Crippen MR) is 94.8 cm³/mol. The largest absolute Gasteiger partial charge is 0.492 e. The highest BCUT2D eigenvalue weighted by Crippen LogP contribution is 2.24. The highest BCUT2D eigenvalue weighted by molar-refractivity contribution is 6.04. The van der Waals surface area contributed by atoms with Crippen molar-refractivity contribution >= 4 is 17.4 Å². The topological polar surface area (TPSA) is 72.5 Å². The molecule has 0 saturated heterocycles. The second-order valence-corrected chi connectivity index (χ2v) is 5.09. The maximum atomic E-state index is 12.3. The van der Waals surface area contributed by atoms with Gasteiger partial charge in [-0.3, -0.25) is 4.79 Å². The number of pyridine rings is 1. The van der Waals surface area contributed by atoms with E-state index in [1.165, 1.54) is 0 Å². The van der Waals surface area contributed by atoms with Crippen LogP contribution in [0.25, 0.3) is 0 Å². The smallest absolute Gasteiger partial charge is 0.257 e. The van der Waals surface area contributed by atoms with Gasteiger partial charge in [0.15, 0.2) is 0 Å². The molecule has 1 aromatic carbocycles. The highest BCUT2D eigenvalue weighted by atomic mass is 16.5. The van der Waals surface area contributed by atoms with E-state index in [0.717, 1.165) is 18.8 Å². The Bertz CT molecular complexity index is 644. The molecule has 1 heterocycles. The monoisotopic (exact) mass is 329 g/mol. The summed E-state index contributed by atoms with van der Waals surface area (Å²) in [4.78, 5) is 16.6. The SMILES string of the molecule is CCOc1ccccc1NC(=O)c1ccc(NCCCOC)nc1. The molecule has 2 aromatic rings. The number of hydrogen-bond acceptors (Lipinski definition) is 5. The van der Waals surface area contributed by atoms with Crippen LogP contribution in [0.2, 0.25) is 0 Å². The zero-order valence-corrected chi connectivity index (χ0v) is 14.0. The number of amides is 1. The van der Waals surface area contributed by atoms with Crippen LogP contribution < -0.4 is 15.4 Å². The van der Waals surface area contributed by atoms with E-state index in [1.54, 1.807) is 25.4 Å². The number of para-hydroxylation sites is 2. The number of aromatic nitrogens is 1. The lowest BCUT2D eigenvalue weighted by atomic mass is 10.2. The number of rotatable bonds is 9. The first-order valence-electron chi connectivity index (χ1n) is 7.96. The van der Waals surface area contributed by atoms with Crippen molar-refractivity contribution < 1.29 is 14.3 Å². The second kappa shape index (κ2) is 9.52. The number of methoxy groups -OCH3 is 1. The molecule has 0 bridgehead atoms. The molecule has 0 unspecified atom stereocenters. The number of hydrogen-bond donors (Lipinski definition) is 2. The zero-order chi connectivity index (χ0) is 17.2. The summed E-state index contributed by atoms with van der Waals surface area (Å²) in [6, 6.07) is 10.9. The van der Waals surface area contributed by atoms with Crippen LogP contribution >= 0.6 is 0 Å². The average molecular weight is 329 g/mol. The predicted octanol–water partition coefficient (Wildman–Crippen LogP) is 3.18. The number of anilines is 2. The Morgan fingerprint density at radius 1 is 1.21 bits per heavy atom.